The Labute approximate surface area is 248 Å². The Kier molecular flexibility index (Phi) is 9.00. The van der Waals surface area contributed by atoms with E-state index in [1.54, 1.807) is 48.7 Å². The predicted molar refractivity (Wildman–Crippen MR) is 159 cm³/mol. The molecule has 1 fully saturated rings. The maximum atomic E-state index is 13.4. The molecular weight excluding hydrogens is 555 g/mol. The molecular formula is C32H33FN4O6. The van der Waals surface area contributed by atoms with E-state index in [-0.39, 0.29) is 12.4 Å². The molecule has 2 amide bonds. The summed E-state index contributed by atoms with van der Waals surface area (Å²) in [4.78, 5) is 19.2. The van der Waals surface area contributed by atoms with Gasteiger partial charge in [0.2, 0.25) is 5.75 Å². The number of nitrogens with zero attached hydrogens (tertiary/aromatic N) is 2. The van der Waals surface area contributed by atoms with Gasteiger partial charge in [0.15, 0.2) is 11.5 Å². The number of aromatic nitrogens is 1. The largest absolute Gasteiger partial charge is 0.489 e. The summed E-state index contributed by atoms with van der Waals surface area (Å²) in [5.41, 5.74) is 1.91. The molecule has 3 heterocycles. The Bertz CT molecular complexity index is 1560. The molecule has 43 heavy (non-hydrogen) atoms. The zero-order chi connectivity index (χ0) is 29.4. The van der Waals surface area contributed by atoms with Gasteiger partial charge in [-0.15, -0.1) is 0 Å². The van der Waals surface area contributed by atoms with Crippen LogP contribution in [0.25, 0.3) is 10.9 Å². The number of halogens is 1. The number of nitrogens with one attached hydrogen (secondary N) is 2. The maximum absolute atomic E-state index is 13.4. The molecule has 1 saturated heterocycles. The van der Waals surface area contributed by atoms with Crippen molar-refractivity contribution in [1.82, 2.24) is 15.2 Å². The minimum atomic E-state index is -0.402. The fourth-order valence-electron chi connectivity index (χ4n) is 5.00. The van der Waals surface area contributed by atoms with Gasteiger partial charge in [0.1, 0.15) is 30.5 Å². The SMILES string of the molecule is O=C(NCc1cccc(F)c1)Nc1ccc(Oc2ccnc3cc(OCCCN4CCOCC4)c4c(c23)OCCO4)cc1. The van der Waals surface area contributed by atoms with Crippen LogP contribution < -0.4 is 29.6 Å². The van der Waals surface area contributed by atoms with Crippen molar-refractivity contribution in [2.45, 2.75) is 13.0 Å². The number of morpholine rings is 1. The number of benzene rings is 3. The number of rotatable bonds is 10. The number of carbonyl (C=O) groups is 1. The summed E-state index contributed by atoms with van der Waals surface area (Å²) >= 11 is 0. The zero-order valence-corrected chi connectivity index (χ0v) is 23.6. The van der Waals surface area contributed by atoms with Crippen LogP contribution in [0.4, 0.5) is 14.9 Å². The van der Waals surface area contributed by atoms with Gasteiger partial charge in [-0.1, -0.05) is 12.1 Å². The van der Waals surface area contributed by atoms with Crippen molar-refractivity contribution >= 4 is 22.6 Å². The fourth-order valence-corrected chi connectivity index (χ4v) is 5.00. The first kappa shape index (κ1) is 28.5. The molecule has 10 nitrogen and oxygen atoms in total. The number of pyridine rings is 1. The molecule has 4 aromatic rings. The topological polar surface area (TPSA) is 103 Å². The fraction of sp³-hybridized carbons (Fsp3) is 0.312. The maximum Gasteiger partial charge on any atom is 0.319 e. The van der Waals surface area contributed by atoms with Crippen molar-refractivity contribution in [3.05, 3.63) is 78.2 Å². The predicted octanol–water partition coefficient (Wildman–Crippen LogP) is 5.36. The third kappa shape index (κ3) is 7.25. The van der Waals surface area contributed by atoms with Crippen molar-refractivity contribution in [2.24, 2.45) is 0 Å². The highest BCUT2D eigenvalue weighted by Gasteiger charge is 2.25. The van der Waals surface area contributed by atoms with Crippen LogP contribution in [-0.2, 0) is 11.3 Å². The Morgan fingerprint density at radius 2 is 1.77 bits per heavy atom. The van der Waals surface area contributed by atoms with E-state index < -0.39 is 6.03 Å². The number of carbonyl (C=O) groups excluding carboxylic acids is 1. The van der Waals surface area contributed by atoms with Crippen LogP contribution in [0.1, 0.15) is 12.0 Å². The van der Waals surface area contributed by atoms with E-state index in [1.165, 1.54) is 12.1 Å². The smallest absolute Gasteiger partial charge is 0.319 e. The van der Waals surface area contributed by atoms with Crippen molar-refractivity contribution in [2.75, 3.05) is 58.0 Å². The Morgan fingerprint density at radius 1 is 0.953 bits per heavy atom. The number of ether oxygens (including phenoxy) is 5. The molecule has 224 valence electrons. The molecule has 2 N–H and O–H groups in total. The molecule has 0 atom stereocenters. The van der Waals surface area contributed by atoms with E-state index in [0.717, 1.165) is 39.3 Å². The van der Waals surface area contributed by atoms with Crippen molar-refractivity contribution < 1.29 is 32.9 Å². The molecule has 0 bridgehead atoms. The van der Waals surface area contributed by atoms with E-state index in [4.69, 9.17) is 23.7 Å². The van der Waals surface area contributed by atoms with E-state index in [0.29, 0.717) is 70.7 Å². The normalized spacial score (nSPS) is 14.7. The molecule has 11 heteroatoms. The van der Waals surface area contributed by atoms with Gasteiger partial charge >= 0.3 is 6.03 Å². The average Bonchev–Trinajstić information content (AvgIpc) is 3.03. The van der Waals surface area contributed by atoms with Gasteiger partial charge in [0, 0.05) is 44.1 Å². The third-order valence-electron chi connectivity index (χ3n) is 7.11. The lowest BCUT2D eigenvalue weighted by atomic mass is 10.1. The summed E-state index contributed by atoms with van der Waals surface area (Å²) < 4.78 is 43.2. The number of hydrogen-bond acceptors (Lipinski definition) is 8. The lowest BCUT2D eigenvalue weighted by molar-refractivity contribution is 0.0357. The highest BCUT2D eigenvalue weighted by Crippen LogP contribution is 2.48. The van der Waals surface area contributed by atoms with Gasteiger partial charge in [0.05, 0.1) is 30.7 Å². The number of amides is 2. The van der Waals surface area contributed by atoms with Gasteiger partial charge in [0.25, 0.3) is 0 Å². The summed E-state index contributed by atoms with van der Waals surface area (Å²) in [6, 6.07) is 16.3. The molecule has 2 aliphatic heterocycles. The lowest BCUT2D eigenvalue weighted by Crippen LogP contribution is -2.37. The Morgan fingerprint density at radius 3 is 2.58 bits per heavy atom. The monoisotopic (exact) mass is 588 g/mol. The van der Waals surface area contributed by atoms with E-state index in [9.17, 15) is 9.18 Å². The number of anilines is 1. The van der Waals surface area contributed by atoms with Crippen molar-refractivity contribution in [3.8, 4) is 28.7 Å². The zero-order valence-electron chi connectivity index (χ0n) is 23.6. The third-order valence-corrected chi connectivity index (χ3v) is 7.11. The van der Waals surface area contributed by atoms with Crippen LogP contribution in [0.5, 0.6) is 28.7 Å². The molecule has 0 unspecified atom stereocenters. The molecule has 0 radical (unpaired) electrons. The summed E-state index contributed by atoms with van der Waals surface area (Å²) in [6.45, 7) is 5.95. The Hall–Kier alpha value is -4.61. The summed E-state index contributed by atoms with van der Waals surface area (Å²) in [5.74, 6) is 2.46. The summed E-state index contributed by atoms with van der Waals surface area (Å²) in [5, 5.41) is 6.17. The molecule has 0 saturated carbocycles. The number of hydrogen-bond donors (Lipinski definition) is 2. The first-order chi connectivity index (χ1) is 21.1. The van der Waals surface area contributed by atoms with Crippen LogP contribution in [-0.4, -0.2) is 68.6 Å². The van der Waals surface area contributed by atoms with Crippen LogP contribution in [0.3, 0.4) is 0 Å². The molecule has 6 rings (SSSR count). The average molecular weight is 589 g/mol. The van der Waals surface area contributed by atoms with Crippen LogP contribution in [0, 0.1) is 5.82 Å². The Balaban J connectivity index is 1.11. The van der Waals surface area contributed by atoms with Crippen LogP contribution in [0.15, 0.2) is 66.9 Å². The number of urea groups is 1. The second kappa shape index (κ2) is 13.6. The molecule has 3 aromatic carbocycles. The minimum absolute atomic E-state index is 0.206. The van der Waals surface area contributed by atoms with Crippen molar-refractivity contribution in [3.63, 3.8) is 0 Å². The number of fused-ring (bicyclic) bond motifs is 3. The molecule has 0 aliphatic carbocycles. The van der Waals surface area contributed by atoms with Gasteiger partial charge in [-0.3, -0.25) is 9.88 Å². The molecule has 1 aromatic heterocycles. The summed E-state index contributed by atoms with van der Waals surface area (Å²) in [6.07, 6.45) is 2.55. The standard InChI is InChI=1S/C32H33FN4O6/c33-23-4-1-3-22(19-23)21-35-32(38)36-24-5-7-25(8-6-24)43-27-9-10-34-26-20-28(30-31(29(26)27)42-18-17-41-30)40-14-2-11-37-12-15-39-16-13-37/h1,3-10,19-20H,2,11-18,21H2,(H2,35,36,38). The van der Waals surface area contributed by atoms with Crippen molar-refractivity contribution in [1.29, 1.82) is 0 Å². The molecule has 0 spiro atoms. The quantitative estimate of drug-likeness (QED) is 0.239. The van der Waals surface area contributed by atoms with E-state index in [1.807, 2.05) is 6.07 Å². The highest BCUT2D eigenvalue weighted by atomic mass is 19.1. The van der Waals surface area contributed by atoms with Gasteiger partial charge in [-0.25, -0.2) is 9.18 Å². The van der Waals surface area contributed by atoms with Gasteiger partial charge in [-0.2, -0.15) is 0 Å². The van der Waals surface area contributed by atoms with Crippen LogP contribution >= 0.6 is 0 Å². The minimum Gasteiger partial charge on any atom is -0.489 e. The summed E-state index contributed by atoms with van der Waals surface area (Å²) in [7, 11) is 0. The highest BCUT2D eigenvalue weighted by molar-refractivity contribution is 5.95. The van der Waals surface area contributed by atoms with E-state index in [2.05, 4.69) is 20.5 Å². The first-order valence-corrected chi connectivity index (χ1v) is 14.3. The van der Waals surface area contributed by atoms with E-state index >= 15 is 0 Å². The van der Waals surface area contributed by atoms with Crippen LogP contribution in [0.2, 0.25) is 0 Å². The second-order valence-corrected chi connectivity index (χ2v) is 10.2. The first-order valence-electron chi connectivity index (χ1n) is 14.3. The molecule has 2 aliphatic rings. The second-order valence-electron chi connectivity index (χ2n) is 10.2. The van der Waals surface area contributed by atoms with Gasteiger partial charge < -0.3 is 34.3 Å². The van der Waals surface area contributed by atoms with Gasteiger partial charge in [-0.05, 0) is 54.4 Å². The lowest BCUT2D eigenvalue weighted by Gasteiger charge is -2.26.